The van der Waals surface area contributed by atoms with Gasteiger partial charge in [0.2, 0.25) is 0 Å². The molecular weight excluding hydrogens is 390 g/mol. The van der Waals surface area contributed by atoms with E-state index in [-0.39, 0.29) is 0 Å². The average molecular weight is 426 g/mol. The quantitative estimate of drug-likeness (QED) is 0.288. The summed E-state index contributed by atoms with van der Waals surface area (Å²) in [6.45, 7) is 5.49. The van der Waals surface area contributed by atoms with Crippen LogP contribution in [0.5, 0.6) is 5.75 Å². The maximum atomic E-state index is 10.1. The molecule has 0 saturated carbocycles. The summed E-state index contributed by atoms with van der Waals surface area (Å²) in [6.07, 6.45) is 13.5. The Hall–Kier alpha value is -1.93. The van der Waals surface area contributed by atoms with Gasteiger partial charge in [-0.1, -0.05) is 88.4 Å². The summed E-state index contributed by atoms with van der Waals surface area (Å²) >= 11 is 6.09. The molecule has 0 bridgehead atoms. The fourth-order valence-electron chi connectivity index (χ4n) is 4.50. The van der Waals surface area contributed by atoms with Gasteiger partial charge < -0.3 is 9.67 Å². The van der Waals surface area contributed by atoms with Gasteiger partial charge in [0.15, 0.2) is 0 Å². The number of phenols is 1. The molecule has 1 heterocycles. The van der Waals surface area contributed by atoms with Gasteiger partial charge in [0.25, 0.3) is 0 Å². The lowest BCUT2D eigenvalue weighted by molar-refractivity contribution is 0.476. The molecule has 162 valence electrons. The minimum atomic E-state index is 0.314. The molecule has 0 fully saturated rings. The second-order valence-corrected chi connectivity index (χ2v) is 8.94. The van der Waals surface area contributed by atoms with E-state index in [2.05, 4.69) is 30.5 Å². The Kier molecular flexibility index (Phi) is 8.69. The highest BCUT2D eigenvalue weighted by Gasteiger charge is 2.16. The van der Waals surface area contributed by atoms with E-state index in [1.807, 2.05) is 24.3 Å². The molecule has 0 unspecified atom stereocenters. The minimum Gasteiger partial charge on any atom is -0.508 e. The van der Waals surface area contributed by atoms with Crippen molar-refractivity contribution in [3.05, 3.63) is 53.2 Å². The van der Waals surface area contributed by atoms with Crippen molar-refractivity contribution in [3.63, 3.8) is 0 Å². The van der Waals surface area contributed by atoms with E-state index >= 15 is 0 Å². The lowest BCUT2D eigenvalue weighted by atomic mass is 10.0. The number of hydrogen-bond donors (Lipinski definition) is 1. The van der Waals surface area contributed by atoms with Gasteiger partial charge in [0.05, 0.1) is 0 Å². The predicted octanol–water partition coefficient (Wildman–Crippen LogP) is 8.90. The Bertz CT molecular complexity index is 926. The standard InChI is InChI=1S/C27H36ClNO/c1-3-4-5-6-7-8-9-10-11-12-19-29-21(2)27(22-13-15-23(28)16-14-22)25-20-24(30)17-18-26(25)29/h13-18,20,30H,3-12,19H2,1-2H3. The SMILES string of the molecule is CCCCCCCCCCCCn1c(C)c(-c2ccc(Cl)cc2)c2cc(O)ccc21. The van der Waals surface area contributed by atoms with Crippen molar-refractivity contribution in [2.45, 2.75) is 84.6 Å². The van der Waals surface area contributed by atoms with Crippen LogP contribution in [0, 0.1) is 6.92 Å². The fourth-order valence-corrected chi connectivity index (χ4v) is 4.62. The van der Waals surface area contributed by atoms with E-state index < -0.39 is 0 Å². The molecule has 3 rings (SSSR count). The molecule has 1 N–H and O–H groups in total. The highest BCUT2D eigenvalue weighted by atomic mass is 35.5. The van der Waals surface area contributed by atoms with E-state index in [9.17, 15) is 5.11 Å². The Labute approximate surface area is 186 Å². The molecule has 0 aliphatic rings. The van der Waals surface area contributed by atoms with E-state index in [1.165, 1.54) is 81.0 Å². The maximum Gasteiger partial charge on any atom is 0.116 e. The fraction of sp³-hybridized carbons (Fsp3) is 0.481. The summed E-state index contributed by atoms with van der Waals surface area (Å²) in [5.41, 5.74) is 4.80. The van der Waals surface area contributed by atoms with Gasteiger partial charge in [-0.15, -0.1) is 0 Å². The molecule has 0 spiro atoms. The number of rotatable bonds is 12. The van der Waals surface area contributed by atoms with Crippen LogP contribution in [0.15, 0.2) is 42.5 Å². The molecule has 30 heavy (non-hydrogen) atoms. The van der Waals surface area contributed by atoms with E-state index in [0.717, 1.165) is 22.5 Å². The van der Waals surface area contributed by atoms with Crippen LogP contribution >= 0.6 is 11.6 Å². The van der Waals surface area contributed by atoms with Gasteiger partial charge in [-0.3, -0.25) is 0 Å². The highest BCUT2D eigenvalue weighted by Crippen LogP contribution is 2.37. The van der Waals surface area contributed by atoms with Crippen LogP contribution in [0.1, 0.15) is 76.8 Å². The zero-order chi connectivity index (χ0) is 21.3. The number of aromatic nitrogens is 1. The van der Waals surface area contributed by atoms with Crippen LogP contribution in [0.25, 0.3) is 22.0 Å². The summed E-state index contributed by atoms with van der Waals surface area (Å²) in [4.78, 5) is 0. The van der Waals surface area contributed by atoms with Gasteiger partial charge in [-0.2, -0.15) is 0 Å². The van der Waals surface area contributed by atoms with Crippen molar-refractivity contribution in [2.75, 3.05) is 0 Å². The van der Waals surface area contributed by atoms with E-state index in [1.54, 1.807) is 6.07 Å². The van der Waals surface area contributed by atoms with Crippen molar-refractivity contribution in [3.8, 4) is 16.9 Å². The first-order valence-electron chi connectivity index (χ1n) is 11.7. The number of benzene rings is 2. The van der Waals surface area contributed by atoms with Gasteiger partial charge in [0.1, 0.15) is 5.75 Å². The summed E-state index contributed by atoms with van der Waals surface area (Å²) in [5, 5.41) is 11.9. The third-order valence-corrected chi connectivity index (χ3v) is 6.43. The van der Waals surface area contributed by atoms with Crippen LogP contribution in [-0.2, 0) is 6.54 Å². The molecule has 0 aliphatic carbocycles. The van der Waals surface area contributed by atoms with Crippen molar-refractivity contribution in [1.29, 1.82) is 0 Å². The molecule has 2 aromatic carbocycles. The van der Waals surface area contributed by atoms with E-state index in [0.29, 0.717) is 5.75 Å². The second kappa shape index (κ2) is 11.5. The van der Waals surface area contributed by atoms with Gasteiger partial charge in [0, 0.05) is 33.7 Å². The highest BCUT2D eigenvalue weighted by molar-refractivity contribution is 6.30. The summed E-state index contributed by atoms with van der Waals surface area (Å²) in [5.74, 6) is 0.314. The second-order valence-electron chi connectivity index (χ2n) is 8.50. The number of fused-ring (bicyclic) bond motifs is 1. The molecular formula is C27H36ClNO. The van der Waals surface area contributed by atoms with Crippen LogP contribution < -0.4 is 0 Å². The predicted molar refractivity (Wildman–Crippen MR) is 131 cm³/mol. The molecule has 0 aliphatic heterocycles. The van der Waals surface area contributed by atoms with Crippen LogP contribution in [0.3, 0.4) is 0 Å². The molecule has 0 saturated heterocycles. The summed E-state index contributed by atoms with van der Waals surface area (Å²) in [6, 6.07) is 13.7. The Morgan fingerprint density at radius 3 is 2.03 bits per heavy atom. The van der Waals surface area contributed by atoms with Gasteiger partial charge in [-0.05, 0) is 49.2 Å². The van der Waals surface area contributed by atoms with Crippen molar-refractivity contribution < 1.29 is 5.11 Å². The van der Waals surface area contributed by atoms with E-state index in [4.69, 9.17) is 11.6 Å². The van der Waals surface area contributed by atoms with Crippen molar-refractivity contribution >= 4 is 22.5 Å². The number of unbranched alkanes of at least 4 members (excludes halogenated alkanes) is 9. The first kappa shape index (κ1) is 22.7. The number of hydrogen-bond acceptors (Lipinski definition) is 1. The number of phenolic OH excluding ortho intramolecular Hbond substituents is 1. The van der Waals surface area contributed by atoms with Crippen molar-refractivity contribution in [1.82, 2.24) is 4.57 Å². The molecule has 1 aromatic heterocycles. The lowest BCUT2D eigenvalue weighted by Gasteiger charge is -2.09. The zero-order valence-corrected chi connectivity index (χ0v) is 19.3. The largest absolute Gasteiger partial charge is 0.508 e. The number of aryl methyl sites for hydroxylation is 1. The first-order chi connectivity index (χ1) is 14.6. The van der Waals surface area contributed by atoms with Crippen LogP contribution in [0.4, 0.5) is 0 Å². The normalized spacial score (nSPS) is 11.4. The maximum absolute atomic E-state index is 10.1. The number of halogens is 1. The Morgan fingerprint density at radius 1 is 0.800 bits per heavy atom. The van der Waals surface area contributed by atoms with Gasteiger partial charge in [-0.25, -0.2) is 0 Å². The zero-order valence-electron chi connectivity index (χ0n) is 18.6. The third kappa shape index (κ3) is 5.82. The topological polar surface area (TPSA) is 25.2 Å². The van der Waals surface area contributed by atoms with Gasteiger partial charge >= 0.3 is 0 Å². The molecule has 3 aromatic rings. The molecule has 3 heteroatoms. The van der Waals surface area contributed by atoms with Crippen LogP contribution in [-0.4, -0.2) is 9.67 Å². The smallest absolute Gasteiger partial charge is 0.116 e. The molecule has 0 radical (unpaired) electrons. The lowest BCUT2D eigenvalue weighted by Crippen LogP contribution is -2.00. The Balaban J connectivity index is 1.62. The minimum absolute atomic E-state index is 0.314. The average Bonchev–Trinajstić information content (AvgIpc) is 3.01. The number of aromatic hydroxyl groups is 1. The number of nitrogens with zero attached hydrogens (tertiary/aromatic N) is 1. The monoisotopic (exact) mass is 425 g/mol. The van der Waals surface area contributed by atoms with Crippen molar-refractivity contribution in [2.24, 2.45) is 0 Å². The van der Waals surface area contributed by atoms with Crippen LogP contribution in [0.2, 0.25) is 5.02 Å². The Morgan fingerprint density at radius 2 is 1.40 bits per heavy atom. The molecule has 0 amide bonds. The molecule has 0 atom stereocenters. The third-order valence-electron chi connectivity index (χ3n) is 6.18. The first-order valence-corrected chi connectivity index (χ1v) is 12.1. The molecule has 2 nitrogen and oxygen atoms in total. The summed E-state index contributed by atoms with van der Waals surface area (Å²) < 4.78 is 2.42. The summed E-state index contributed by atoms with van der Waals surface area (Å²) in [7, 11) is 0.